The molecule has 1 aromatic heterocycles. The number of fused-ring (bicyclic) bond motifs is 1. The summed E-state index contributed by atoms with van der Waals surface area (Å²) in [5.74, 6) is 1.61. The average Bonchev–Trinajstić information content (AvgIpc) is 2.91. The Morgan fingerprint density at radius 3 is 3.00 bits per heavy atom. The standard InChI is InChI=1S/C17H20N2O3S/c1-11(2)14-16(23-10-19-14)17(20)18-9-12-5-3-6-13-15(12)22-8-4-7-21-13/h3,5-6,10-11H,4,7-9H2,1-2H3,(H,18,20). The monoisotopic (exact) mass is 332 g/mol. The summed E-state index contributed by atoms with van der Waals surface area (Å²) < 4.78 is 11.5. The molecule has 122 valence electrons. The van der Waals surface area contributed by atoms with E-state index in [2.05, 4.69) is 10.3 Å². The topological polar surface area (TPSA) is 60.5 Å². The van der Waals surface area contributed by atoms with E-state index in [0.29, 0.717) is 24.6 Å². The van der Waals surface area contributed by atoms with Crippen molar-refractivity contribution in [3.8, 4) is 11.5 Å². The fourth-order valence-corrected chi connectivity index (χ4v) is 3.35. The molecule has 0 spiro atoms. The first-order valence-electron chi connectivity index (χ1n) is 7.76. The fraction of sp³-hybridized carbons (Fsp3) is 0.412. The lowest BCUT2D eigenvalue weighted by Crippen LogP contribution is -2.23. The van der Waals surface area contributed by atoms with E-state index in [1.807, 2.05) is 32.0 Å². The summed E-state index contributed by atoms with van der Waals surface area (Å²) >= 11 is 1.37. The number of amides is 1. The number of ether oxygens (including phenoxy) is 2. The molecule has 1 aliphatic rings. The summed E-state index contributed by atoms with van der Waals surface area (Å²) in [5.41, 5.74) is 3.49. The number of rotatable bonds is 4. The molecule has 0 bridgehead atoms. The van der Waals surface area contributed by atoms with Crippen LogP contribution in [-0.2, 0) is 6.54 Å². The van der Waals surface area contributed by atoms with Crippen molar-refractivity contribution < 1.29 is 14.3 Å². The van der Waals surface area contributed by atoms with Gasteiger partial charge >= 0.3 is 0 Å². The molecule has 5 nitrogen and oxygen atoms in total. The van der Waals surface area contributed by atoms with E-state index in [0.717, 1.165) is 29.2 Å². The number of nitrogens with one attached hydrogen (secondary N) is 1. The number of benzene rings is 1. The summed E-state index contributed by atoms with van der Waals surface area (Å²) in [6.07, 6.45) is 0.860. The molecule has 0 saturated carbocycles. The Bertz CT molecular complexity index is 697. The van der Waals surface area contributed by atoms with Crippen LogP contribution < -0.4 is 14.8 Å². The third-order valence-electron chi connectivity index (χ3n) is 3.64. The van der Waals surface area contributed by atoms with Gasteiger partial charge in [-0.1, -0.05) is 26.0 Å². The van der Waals surface area contributed by atoms with Gasteiger partial charge in [0.25, 0.3) is 5.91 Å². The van der Waals surface area contributed by atoms with E-state index in [9.17, 15) is 4.79 Å². The quantitative estimate of drug-likeness (QED) is 0.932. The minimum atomic E-state index is -0.0941. The van der Waals surface area contributed by atoms with Gasteiger partial charge in [-0.15, -0.1) is 11.3 Å². The van der Waals surface area contributed by atoms with Gasteiger partial charge < -0.3 is 14.8 Å². The van der Waals surface area contributed by atoms with Gasteiger partial charge in [0.1, 0.15) is 4.88 Å². The highest BCUT2D eigenvalue weighted by molar-refractivity contribution is 7.11. The summed E-state index contributed by atoms with van der Waals surface area (Å²) in [6.45, 7) is 5.76. The smallest absolute Gasteiger partial charge is 0.263 e. The summed E-state index contributed by atoms with van der Waals surface area (Å²) in [7, 11) is 0. The molecule has 1 aromatic carbocycles. The van der Waals surface area contributed by atoms with Crippen molar-refractivity contribution in [3.63, 3.8) is 0 Å². The average molecular weight is 332 g/mol. The predicted octanol–water partition coefficient (Wildman–Crippen LogP) is 3.36. The van der Waals surface area contributed by atoms with Crippen LogP contribution in [0, 0.1) is 0 Å². The Hall–Kier alpha value is -2.08. The molecule has 23 heavy (non-hydrogen) atoms. The van der Waals surface area contributed by atoms with Crippen molar-refractivity contribution in [1.82, 2.24) is 10.3 Å². The molecule has 0 unspecified atom stereocenters. The SMILES string of the molecule is CC(C)c1ncsc1C(=O)NCc1cccc2c1OCCCO2. The van der Waals surface area contributed by atoms with Gasteiger partial charge in [-0.25, -0.2) is 4.98 Å². The van der Waals surface area contributed by atoms with Crippen LogP contribution in [0.2, 0.25) is 0 Å². The molecule has 0 saturated heterocycles. The zero-order valence-corrected chi connectivity index (χ0v) is 14.1. The number of hydrogen-bond donors (Lipinski definition) is 1. The Morgan fingerprint density at radius 2 is 2.17 bits per heavy atom. The van der Waals surface area contributed by atoms with Gasteiger partial charge in [-0.2, -0.15) is 0 Å². The maximum Gasteiger partial charge on any atom is 0.263 e. The van der Waals surface area contributed by atoms with E-state index in [1.54, 1.807) is 5.51 Å². The molecule has 1 aliphatic heterocycles. The second-order valence-corrected chi connectivity index (χ2v) is 6.55. The number of thiazole rings is 1. The van der Waals surface area contributed by atoms with E-state index >= 15 is 0 Å². The number of para-hydroxylation sites is 1. The van der Waals surface area contributed by atoms with Crippen molar-refractivity contribution in [1.29, 1.82) is 0 Å². The largest absolute Gasteiger partial charge is 0.490 e. The molecule has 1 N–H and O–H groups in total. The molecule has 0 aliphatic carbocycles. The first-order valence-corrected chi connectivity index (χ1v) is 8.64. The molecular formula is C17H20N2O3S. The van der Waals surface area contributed by atoms with Gasteiger partial charge in [0.05, 0.1) is 24.4 Å². The van der Waals surface area contributed by atoms with E-state index in [1.165, 1.54) is 11.3 Å². The summed E-state index contributed by atoms with van der Waals surface area (Å²) in [6, 6.07) is 5.76. The minimum absolute atomic E-state index is 0.0941. The van der Waals surface area contributed by atoms with Crippen molar-refractivity contribution in [2.75, 3.05) is 13.2 Å². The second kappa shape index (κ2) is 7.00. The van der Waals surface area contributed by atoms with E-state index in [4.69, 9.17) is 9.47 Å². The zero-order valence-electron chi connectivity index (χ0n) is 13.3. The Morgan fingerprint density at radius 1 is 1.35 bits per heavy atom. The predicted molar refractivity (Wildman–Crippen MR) is 89.4 cm³/mol. The molecular weight excluding hydrogens is 312 g/mol. The number of aromatic nitrogens is 1. The van der Waals surface area contributed by atoms with Gasteiger partial charge in [0, 0.05) is 18.5 Å². The lowest BCUT2D eigenvalue weighted by atomic mass is 10.1. The van der Waals surface area contributed by atoms with Gasteiger partial charge in [-0.3, -0.25) is 4.79 Å². The van der Waals surface area contributed by atoms with Gasteiger partial charge in [-0.05, 0) is 12.0 Å². The highest BCUT2D eigenvalue weighted by Gasteiger charge is 2.19. The zero-order chi connectivity index (χ0) is 16.2. The van der Waals surface area contributed by atoms with E-state index < -0.39 is 0 Å². The van der Waals surface area contributed by atoms with Crippen molar-refractivity contribution in [2.24, 2.45) is 0 Å². The first-order chi connectivity index (χ1) is 11.2. The lowest BCUT2D eigenvalue weighted by molar-refractivity contribution is 0.0953. The van der Waals surface area contributed by atoms with Crippen LogP contribution in [0.4, 0.5) is 0 Å². The highest BCUT2D eigenvalue weighted by atomic mass is 32.1. The third-order valence-corrected chi connectivity index (χ3v) is 4.48. The molecule has 1 amide bonds. The Balaban J connectivity index is 1.73. The molecule has 0 atom stereocenters. The normalized spacial score (nSPS) is 13.7. The fourth-order valence-electron chi connectivity index (χ4n) is 2.48. The van der Waals surface area contributed by atoms with Crippen molar-refractivity contribution in [3.05, 3.63) is 39.8 Å². The Labute approximate surface area is 139 Å². The number of carbonyl (C=O) groups is 1. The molecule has 2 heterocycles. The third kappa shape index (κ3) is 3.47. The van der Waals surface area contributed by atoms with Crippen LogP contribution in [0.5, 0.6) is 11.5 Å². The maximum atomic E-state index is 12.4. The molecule has 2 aromatic rings. The first kappa shape index (κ1) is 15.8. The highest BCUT2D eigenvalue weighted by Crippen LogP contribution is 2.33. The maximum absolute atomic E-state index is 12.4. The van der Waals surface area contributed by atoms with Crippen LogP contribution in [0.3, 0.4) is 0 Å². The van der Waals surface area contributed by atoms with Gasteiger partial charge in [0.2, 0.25) is 0 Å². The molecule has 0 fully saturated rings. The lowest BCUT2D eigenvalue weighted by Gasteiger charge is -2.13. The van der Waals surface area contributed by atoms with Crippen LogP contribution in [0.25, 0.3) is 0 Å². The second-order valence-electron chi connectivity index (χ2n) is 5.70. The number of hydrogen-bond acceptors (Lipinski definition) is 5. The number of carbonyl (C=O) groups excluding carboxylic acids is 1. The van der Waals surface area contributed by atoms with Crippen LogP contribution in [-0.4, -0.2) is 24.1 Å². The van der Waals surface area contributed by atoms with Crippen LogP contribution in [0.1, 0.15) is 47.1 Å². The van der Waals surface area contributed by atoms with Crippen molar-refractivity contribution >= 4 is 17.2 Å². The van der Waals surface area contributed by atoms with Crippen molar-refractivity contribution in [2.45, 2.75) is 32.7 Å². The van der Waals surface area contributed by atoms with Crippen LogP contribution in [0.15, 0.2) is 23.7 Å². The molecule has 6 heteroatoms. The van der Waals surface area contributed by atoms with E-state index in [-0.39, 0.29) is 11.8 Å². The molecule has 3 rings (SSSR count). The molecule has 0 radical (unpaired) electrons. The Kier molecular flexibility index (Phi) is 4.81. The number of nitrogens with zero attached hydrogens (tertiary/aromatic N) is 1. The van der Waals surface area contributed by atoms with Gasteiger partial charge in [0.15, 0.2) is 11.5 Å². The minimum Gasteiger partial charge on any atom is -0.490 e. The summed E-state index contributed by atoms with van der Waals surface area (Å²) in [5, 5.41) is 2.96. The van der Waals surface area contributed by atoms with Crippen LogP contribution >= 0.6 is 11.3 Å². The summed E-state index contributed by atoms with van der Waals surface area (Å²) in [4.78, 5) is 17.4.